The Bertz CT molecular complexity index is 1330. The van der Waals surface area contributed by atoms with Gasteiger partial charge in [0.05, 0.1) is 17.4 Å². The van der Waals surface area contributed by atoms with Gasteiger partial charge in [-0.1, -0.05) is 72.4 Å². The number of nitrogens with zero attached hydrogens (tertiary/aromatic N) is 4. The summed E-state index contributed by atoms with van der Waals surface area (Å²) < 4.78 is 2.23. The molecule has 3 aromatic carbocycles. The quantitative estimate of drug-likeness (QED) is 0.243. The SMILES string of the molecule is CSc1nccc(Nc2cc(-c3ccccc3)c3ncn(CCc4ccccc4)c3c2)n1. The summed E-state index contributed by atoms with van der Waals surface area (Å²) >= 11 is 1.53. The highest BCUT2D eigenvalue weighted by atomic mass is 32.2. The second kappa shape index (κ2) is 9.24. The Hall–Kier alpha value is -3.64. The monoisotopic (exact) mass is 437 g/mol. The van der Waals surface area contributed by atoms with Crippen LogP contribution in [-0.2, 0) is 13.0 Å². The van der Waals surface area contributed by atoms with Gasteiger partial charge in [0.25, 0.3) is 0 Å². The Labute approximate surface area is 191 Å². The zero-order chi connectivity index (χ0) is 21.8. The van der Waals surface area contributed by atoms with Gasteiger partial charge in [-0.2, -0.15) is 0 Å². The molecule has 32 heavy (non-hydrogen) atoms. The number of hydrogen-bond acceptors (Lipinski definition) is 5. The van der Waals surface area contributed by atoms with Crippen LogP contribution in [-0.4, -0.2) is 25.8 Å². The normalized spacial score (nSPS) is 11.0. The van der Waals surface area contributed by atoms with Crippen LogP contribution in [0, 0.1) is 0 Å². The minimum absolute atomic E-state index is 0.743. The van der Waals surface area contributed by atoms with Crippen molar-refractivity contribution < 1.29 is 0 Å². The first-order valence-electron chi connectivity index (χ1n) is 10.5. The highest BCUT2D eigenvalue weighted by molar-refractivity contribution is 7.98. The molecule has 0 saturated carbocycles. The lowest BCUT2D eigenvalue weighted by Crippen LogP contribution is -2.01. The molecular weight excluding hydrogens is 414 g/mol. The molecule has 0 bridgehead atoms. The maximum Gasteiger partial charge on any atom is 0.189 e. The molecule has 5 aromatic rings. The Morgan fingerprint density at radius 3 is 2.47 bits per heavy atom. The van der Waals surface area contributed by atoms with Crippen LogP contribution in [0.1, 0.15) is 5.56 Å². The molecule has 0 unspecified atom stereocenters. The van der Waals surface area contributed by atoms with Crippen LogP contribution in [0.15, 0.2) is 96.5 Å². The smallest absolute Gasteiger partial charge is 0.189 e. The lowest BCUT2D eigenvalue weighted by atomic mass is 10.0. The van der Waals surface area contributed by atoms with E-state index in [1.54, 1.807) is 6.20 Å². The van der Waals surface area contributed by atoms with E-state index in [0.717, 1.165) is 51.8 Å². The molecule has 1 N–H and O–H groups in total. The number of thioether (sulfide) groups is 1. The van der Waals surface area contributed by atoms with Crippen LogP contribution in [0.4, 0.5) is 11.5 Å². The zero-order valence-corrected chi connectivity index (χ0v) is 18.6. The molecule has 158 valence electrons. The maximum atomic E-state index is 4.79. The Kier molecular flexibility index (Phi) is 5.85. The highest BCUT2D eigenvalue weighted by Crippen LogP contribution is 2.32. The van der Waals surface area contributed by atoms with Crippen molar-refractivity contribution in [1.29, 1.82) is 0 Å². The van der Waals surface area contributed by atoms with Crippen LogP contribution >= 0.6 is 11.8 Å². The molecule has 5 nitrogen and oxygen atoms in total. The second-order valence-corrected chi connectivity index (χ2v) is 8.26. The third-order valence-electron chi connectivity index (χ3n) is 5.38. The minimum Gasteiger partial charge on any atom is -0.340 e. The van der Waals surface area contributed by atoms with Gasteiger partial charge in [0.15, 0.2) is 5.16 Å². The lowest BCUT2D eigenvalue weighted by Gasteiger charge is -2.12. The first kappa shape index (κ1) is 20.3. The number of aryl methyl sites for hydroxylation is 2. The van der Waals surface area contributed by atoms with Gasteiger partial charge in [-0.25, -0.2) is 15.0 Å². The molecule has 0 aliphatic rings. The van der Waals surface area contributed by atoms with Crippen LogP contribution in [0.25, 0.3) is 22.2 Å². The fourth-order valence-corrected chi connectivity index (χ4v) is 4.16. The van der Waals surface area contributed by atoms with Crippen molar-refractivity contribution in [2.45, 2.75) is 18.1 Å². The minimum atomic E-state index is 0.743. The van der Waals surface area contributed by atoms with Crippen LogP contribution in [0.3, 0.4) is 0 Å². The number of rotatable bonds is 7. The van der Waals surface area contributed by atoms with Gasteiger partial charge in [0.1, 0.15) is 5.82 Å². The first-order chi connectivity index (χ1) is 15.8. The van der Waals surface area contributed by atoms with E-state index < -0.39 is 0 Å². The van der Waals surface area contributed by atoms with E-state index in [4.69, 9.17) is 4.98 Å². The maximum absolute atomic E-state index is 4.79. The van der Waals surface area contributed by atoms with E-state index in [1.165, 1.54) is 17.3 Å². The van der Waals surface area contributed by atoms with E-state index in [1.807, 2.05) is 24.7 Å². The van der Waals surface area contributed by atoms with Crippen molar-refractivity contribution in [2.24, 2.45) is 0 Å². The molecule has 0 radical (unpaired) electrons. The Morgan fingerprint density at radius 1 is 0.906 bits per heavy atom. The average molecular weight is 438 g/mol. The lowest BCUT2D eigenvalue weighted by molar-refractivity contribution is 0.716. The molecule has 2 heterocycles. The van der Waals surface area contributed by atoms with Crippen LogP contribution < -0.4 is 5.32 Å². The first-order valence-corrected chi connectivity index (χ1v) is 11.7. The van der Waals surface area contributed by atoms with Gasteiger partial charge in [-0.3, -0.25) is 0 Å². The number of hydrogen-bond donors (Lipinski definition) is 1. The van der Waals surface area contributed by atoms with Crippen molar-refractivity contribution >= 4 is 34.3 Å². The summed E-state index contributed by atoms with van der Waals surface area (Å²) in [6, 6.07) is 27.1. The van der Waals surface area contributed by atoms with Crippen LogP contribution in [0.5, 0.6) is 0 Å². The number of fused-ring (bicyclic) bond motifs is 1. The van der Waals surface area contributed by atoms with E-state index in [0.29, 0.717) is 0 Å². The fourth-order valence-electron chi connectivity index (χ4n) is 3.80. The van der Waals surface area contributed by atoms with Crippen molar-refractivity contribution in [3.05, 3.63) is 97.0 Å². The summed E-state index contributed by atoms with van der Waals surface area (Å²) in [5.74, 6) is 0.776. The van der Waals surface area contributed by atoms with Crippen molar-refractivity contribution in [1.82, 2.24) is 19.5 Å². The van der Waals surface area contributed by atoms with Gasteiger partial charge >= 0.3 is 0 Å². The van der Waals surface area contributed by atoms with Gasteiger partial charge in [-0.15, -0.1) is 0 Å². The summed E-state index contributed by atoms with van der Waals surface area (Å²) in [7, 11) is 0. The summed E-state index contributed by atoms with van der Waals surface area (Å²) in [6.07, 6.45) is 6.65. The molecule has 0 aliphatic heterocycles. The molecule has 5 rings (SSSR count). The molecule has 0 saturated heterocycles. The third kappa shape index (κ3) is 4.36. The predicted molar refractivity (Wildman–Crippen MR) is 132 cm³/mol. The van der Waals surface area contributed by atoms with Gasteiger partial charge in [0, 0.05) is 24.0 Å². The van der Waals surface area contributed by atoms with Crippen LogP contribution in [0.2, 0.25) is 0 Å². The fraction of sp³-hybridized carbons (Fsp3) is 0.115. The standard InChI is InChI=1S/C26H23N5S/c1-32-26-27-14-12-24(30-26)29-21-16-22(20-10-6-3-7-11-20)25-23(17-21)31(18-28-25)15-13-19-8-4-2-5-9-19/h2-12,14,16-18H,13,15H2,1H3,(H,27,29,30). The number of benzene rings is 3. The number of imidazole rings is 1. The molecular formula is C26H23N5S. The molecule has 0 aliphatic carbocycles. The van der Waals surface area contributed by atoms with E-state index in [-0.39, 0.29) is 0 Å². The van der Waals surface area contributed by atoms with Crippen molar-refractivity contribution in [3.63, 3.8) is 0 Å². The second-order valence-electron chi connectivity index (χ2n) is 7.48. The number of nitrogens with one attached hydrogen (secondary N) is 1. The van der Waals surface area contributed by atoms with E-state index in [2.05, 4.69) is 86.6 Å². The topological polar surface area (TPSA) is 55.6 Å². The molecule has 6 heteroatoms. The van der Waals surface area contributed by atoms with Gasteiger partial charge in [0.2, 0.25) is 0 Å². The van der Waals surface area contributed by atoms with Gasteiger partial charge < -0.3 is 9.88 Å². The number of anilines is 2. The third-order valence-corrected chi connectivity index (χ3v) is 5.94. The Morgan fingerprint density at radius 2 is 1.69 bits per heavy atom. The number of aromatic nitrogens is 4. The van der Waals surface area contributed by atoms with Crippen molar-refractivity contribution in [2.75, 3.05) is 11.6 Å². The summed E-state index contributed by atoms with van der Waals surface area (Å²) in [5, 5.41) is 4.21. The molecule has 0 atom stereocenters. The predicted octanol–water partition coefficient (Wildman–Crippen LogP) is 6.20. The van der Waals surface area contributed by atoms with Crippen molar-refractivity contribution in [3.8, 4) is 11.1 Å². The largest absolute Gasteiger partial charge is 0.340 e. The molecule has 0 amide bonds. The summed E-state index contributed by atoms with van der Waals surface area (Å²) in [5.41, 5.74) is 6.64. The molecule has 0 spiro atoms. The summed E-state index contributed by atoms with van der Waals surface area (Å²) in [4.78, 5) is 13.6. The Balaban J connectivity index is 1.55. The summed E-state index contributed by atoms with van der Waals surface area (Å²) in [6.45, 7) is 0.863. The van der Waals surface area contributed by atoms with Gasteiger partial charge in [-0.05, 0) is 42.0 Å². The van der Waals surface area contributed by atoms with E-state index >= 15 is 0 Å². The average Bonchev–Trinajstić information content (AvgIpc) is 3.26. The highest BCUT2D eigenvalue weighted by Gasteiger charge is 2.13. The van der Waals surface area contributed by atoms with E-state index in [9.17, 15) is 0 Å². The molecule has 0 fully saturated rings. The zero-order valence-electron chi connectivity index (χ0n) is 17.8. The molecule has 2 aromatic heterocycles.